The fourth-order valence-electron chi connectivity index (χ4n) is 3.32. The number of hydrogen-bond donors (Lipinski definition) is 0. The average molecular weight is 495 g/mol. The number of carbonyl (C=O) groups excluding carboxylic acids is 2. The van der Waals surface area contributed by atoms with Gasteiger partial charge in [0, 0.05) is 14.8 Å². The Morgan fingerprint density at radius 1 is 0.938 bits per heavy atom. The zero-order valence-electron chi connectivity index (χ0n) is 16.5. The molecule has 0 atom stereocenters. The second kappa shape index (κ2) is 9.19. The molecule has 3 aromatic carbocycles. The van der Waals surface area contributed by atoms with Gasteiger partial charge in [0.2, 0.25) is 5.91 Å². The molecule has 0 saturated carbocycles. The minimum atomic E-state index is -0.287. The first kappa shape index (κ1) is 21.4. The second-order valence-electron chi connectivity index (χ2n) is 6.90. The first-order chi connectivity index (χ1) is 15.6. The largest absolute Gasteiger partial charge is 0.285 e. The maximum absolute atomic E-state index is 13.3. The molecule has 2 heterocycles. The van der Waals surface area contributed by atoms with E-state index in [0.717, 1.165) is 26.7 Å². The molecular weight excluding hydrogens is 480 g/mol. The number of hydrogen-bond acceptors (Lipinski definition) is 5. The molecule has 0 bridgehead atoms. The van der Waals surface area contributed by atoms with Crippen molar-refractivity contribution in [1.82, 2.24) is 0 Å². The van der Waals surface area contributed by atoms with Crippen LogP contribution in [0.25, 0.3) is 6.08 Å². The van der Waals surface area contributed by atoms with E-state index in [4.69, 9.17) is 11.6 Å². The number of thioether (sulfide) groups is 2. The molecule has 0 fully saturated rings. The van der Waals surface area contributed by atoms with Crippen LogP contribution in [0, 0.1) is 0 Å². The molecule has 2 amide bonds. The van der Waals surface area contributed by atoms with Gasteiger partial charge in [-0.1, -0.05) is 83.3 Å². The summed E-state index contributed by atoms with van der Waals surface area (Å²) in [6.07, 6.45) is 1.79. The van der Waals surface area contributed by atoms with Crippen LogP contribution in [-0.2, 0) is 9.59 Å². The van der Waals surface area contributed by atoms with Gasteiger partial charge in [-0.05, 0) is 48.0 Å². The van der Waals surface area contributed by atoms with E-state index in [0.29, 0.717) is 14.3 Å². The van der Waals surface area contributed by atoms with E-state index < -0.39 is 0 Å². The first-order valence-electron chi connectivity index (χ1n) is 9.68. The molecule has 5 rings (SSSR count). The lowest BCUT2D eigenvalue weighted by Gasteiger charge is -2.30. The number of para-hydroxylation sites is 2. The van der Waals surface area contributed by atoms with Gasteiger partial charge in [-0.3, -0.25) is 14.5 Å². The summed E-state index contributed by atoms with van der Waals surface area (Å²) in [5.74, 6) is -0.160. The predicted molar refractivity (Wildman–Crippen MR) is 136 cm³/mol. The molecule has 0 radical (unpaired) electrons. The highest BCUT2D eigenvalue weighted by molar-refractivity contribution is 8.41. The Morgan fingerprint density at radius 2 is 1.56 bits per heavy atom. The van der Waals surface area contributed by atoms with Crippen LogP contribution in [0.4, 0.5) is 11.4 Å². The van der Waals surface area contributed by atoms with E-state index in [1.807, 2.05) is 60.7 Å². The van der Waals surface area contributed by atoms with E-state index in [-0.39, 0.29) is 17.6 Å². The van der Waals surface area contributed by atoms with Crippen LogP contribution in [0.2, 0.25) is 5.02 Å². The van der Waals surface area contributed by atoms with Crippen molar-refractivity contribution in [2.75, 3.05) is 10.7 Å². The maximum atomic E-state index is 13.3. The SMILES string of the molecule is O=C1N=C(SCC(=O)N2c3ccccc3Sc3ccccc32)S/C1=C/c1ccc(Cl)cc1. The Labute approximate surface area is 203 Å². The zero-order chi connectivity index (χ0) is 22.1. The molecule has 2 aliphatic heterocycles. The van der Waals surface area contributed by atoms with Gasteiger partial charge in [0.15, 0.2) is 0 Å². The van der Waals surface area contributed by atoms with Crippen LogP contribution in [0.3, 0.4) is 0 Å². The highest BCUT2D eigenvalue weighted by Gasteiger charge is 2.29. The number of rotatable bonds is 3. The van der Waals surface area contributed by atoms with Crippen LogP contribution in [0.15, 0.2) is 92.5 Å². The number of benzene rings is 3. The molecule has 32 heavy (non-hydrogen) atoms. The highest BCUT2D eigenvalue weighted by atomic mass is 35.5. The van der Waals surface area contributed by atoms with Gasteiger partial charge in [0.05, 0.1) is 22.0 Å². The number of anilines is 2. The Hall–Kier alpha value is -2.45. The van der Waals surface area contributed by atoms with Crippen molar-refractivity contribution in [3.05, 3.63) is 88.3 Å². The number of carbonyl (C=O) groups is 2. The third kappa shape index (κ3) is 4.38. The average Bonchev–Trinajstić information content (AvgIpc) is 3.16. The molecular formula is C24H15ClN2O2S3. The van der Waals surface area contributed by atoms with Crippen molar-refractivity contribution >= 4 is 80.5 Å². The summed E-state index contributed by atoms with van der Waals surface area (Å²) in [7, 11) is 0. The van der Waals surface area contributed by atoms with E-state index in [9.17, 15) is 9.59 Å². The molecule has 158 valence electrons. The van der Waals surface area contributed by atoms with E-state index in [1.54, 1.807) is 34.9 Å². The van der Waals surface area contributed by atoms with E-state index >= 15 is 0 Å². The molecule has 2 aliphatic rings. The van der Waals surface area contributed by atoms with Gasteiger partial charge in [-0.25, -0.2) is 0 Å². The molecule has 0 aliphatic carbocycles. The smallest absolute Gasteiger partial charge is 0.278 e. The van der Waals surface area contributed by atoms with Crippen molar-refractivity contribution < 1.29 is 9.59 Å². The number of amides is 2. The van der Waals surface area contributed by atoms with Gasteiger partial charge < -0.3 is 0 Å². The van der Waals surface area contributed by atoms with E-state index in [2.05, 4.69) is 4.99 Å². The van der Waals surface area contributed by atoms with Crippen LogP contribution >= 0.6 is 46.9 Å². The third-order valence-corrected chi connectivity index (χ3v) is 8.26. The summed E-state index contributed by atoms with van der Waals surface area (Å²) in [4.78, 5) is 34.1. The second-order valence-corrected chi connectivity index (χ2v) is 10.7. The molecule has 0 aromatic heterocycles. The lowest BCUT2D eigenvalue weighted by molar-refractivity contribution is -0.115. The van der Waals surface area contributed by atoms with Crippen LogP contribution in [0.1, 0.15) is 5.56 Å². The lowest BCUT2D eigenvalue weighted by atomic mass is 10.2. The van der Waals surface area contributed by atoms with Gasteiger partial charge >= 0.3 is 0 Å². The van der Waals surface area contributed by atoms with Crippen molar-refractivity contribution in [2.45, 2.75) is 9.79 Å². The molecule has 0 saturated heterocycles. The number of fused-ring (bicyclic) bond motifs is 2. The number of halogens is 1. The van der Waals surface area contributed by atoms with Crippen molar-refractivity contribution in [2.24, 2.45) is 4.99 Å². The van der Waals surface area contributed by atoms with Crippen molar-refractivity contribution in [3.8, 4) is 0 Å². The molecule has 0 spiro atoms. The molecule has 3 aromatic rings. The quantitative estimate of drug-likeness (QED) is 0.372. The zero-order valence-corrected chi connectivity index (χ0v) is 19.7. The van der Waals surface area contributed by atoms with Gasteiger partial charge in [-0.2, -0.15) is 4.99 Å². The predicted octanol–water partition coefficient (Wildman–Crippen LogP) is 6.87. The molecule has 0 unspecified atom stereocenters. The van der Waals surface area contributed by atoms with Crippen LogP contribution < -0.4 is 4.90 Å². The van der Waals surface area contributed by atoms with Crippen LogP contribution in [0.5, 0.6) is 0 Å². The summed E-state index contributed by atoms with van der Waals surface area (Å²) in [6.45, 7) is 0. The summed E-state index contributed by atoms with van der Waals surface area (Å²) in [5.41, 5.74) is 2.63. The standard InChI is InChI=1S/C24H15ClN2O2S3/c25-16-11-9-15(10-12-16)13-21-23(29)26-24(32-21)30-14-22(28)27-17-5-1-3-7-19(17)31-20-8-4-2-6-18(20)27/h1-13H,14H2/b21-13+. The normalized spacial score (nSPS) is 16.0. The van der Waals surface area contributed by atoms with Crippen LogP contribution in [-0.4, -0.2) is 21.9 Å². The van der Waals surface area contributed by atoms with Gasteiger partial charge in [-0.15, -0.1) is 0 Å². The number of aliphatic imine (C=N–C) groups is 1. The Balaban J connectivity index is 1.31. The first-order valence-corrected chi connectivity index (χ1v) is 12.7. The highest BCUT2D eigenvalue weighted by Crippen LogP contribution is 2.48. The monoisotopic (exact) mass is 494 g/mol. The summed E-state index contributed by atoms with van der Waals surface area (Å²) >= 11 is 10.2. The van der Waals surface area contributed by atoms with Gasteiger partial charge in [0.25, 0.3) is 5.91 Å². The minimum absolute atomic E-state index is 0.0546. The van der Waals surface area contributed by atoms with Gasteiger partial charge in [0.1, 0.15) is 4.38 Å². The summed E-state index contributed by atoms with van der Waals surface area (Å²) < 4.78 is 0.580. The van der Waals surface area contributed by atoms with Crippen molar-refractivity contribution in [3.63, 3.8) is 0 Å². The maximum Gasteiger partial charge on any atom is 0.285 e. The Bertz CT molecular complexity index is 1240. The summed E-state index contributed by atoms with van der Waals surface area (Å²) in [6, 6.07) is 23.0. The Kier molecular flexibility index (Phi) is 6.15. The van der Waals surface area contributed by atoms with E-state index in [1.165, 1.54) is 23.5 Å². The fourth-order valence-corrected chi connectivity index (χ4v) is 6.36. The van der Waals surface area contributed by atoms with Crippen molar-refractivity contribution in [1.29, 1.82) is 0 Å². The molecule has 0 N–H and O–H groups in total. The summed E-state index contributed by atoms with van der Waals surface area (Å²) in [5, 5.41) is 0.641. The third-order valence-electron chi connectivity index (χ3n) is 4.77. The Morgan fingerprint density at radius 3 is 2.22 bits per heavy atom. The minimum Gasteiger partial charge on any atom is -0.278 e. The lowest BCUT2D eigenvalue weighted by Crippen LogP contribution is -2.30. The molecule has 4 nitrogen and oxygen atoms in total. The topological polar surface area (TPSA) is 49.7 Å². The number of nitrogens with zero attached hydrogens (tertiary/aromatic N) is 2. The molecule has 8 heteroatoms. The fraction of sp³-hybridized carbons (Fsp3) is 0.0417.